The lowest BCUT2D eigenvalue weighted by Crippen LogP contribution is -2.00. The largest absolute Gasteiger partial charge is 0.494 e. The zero-order valence-corrected chi connectivity index (χ0v) is 22.8. The minimum Gasteiger partial charge on any atom is -0.494 e. The van der Waals surface area contributed by atoms with Crippen LogP contribution in [0, 0.1) is 0 Å². The van der Waals surface area contributed by atoms with Gasteiger partial charge in [0.05, 0.1) is 36.0 Å². The number of ether oxygens (including phenoxy) is 2. The summed E-state index contributed by atoms with van der Waals surface area (Å²) in [4.78, 5) is -0.271. The summed E-state index contributed by atoms with van der Waals surface area (Å²) in [5.74, 6) is 1.49. The Hall–Kier alpha value is -4.67. The second kappa shape index (κ2) is 13.4. The van der Waals surface area contributed by atoms with Crippen LogP contribution in [0.2, 0.25) is 0 Å². The lowest BCUT2D eigenvalue weighted by Gasteiger charge is -2.05. The minimum atomic E-state index is -4.51. The highest BCUT2D eigenvalue weighted by Crippen LogP contribution is 2.27. The van der Waals surface area contributed by atoms with Crippen molar-refractivity contribution in [2.75, 3.05) is 13.2 Å². The topological polar surface area (TPSA) is 122 Å². The summed E-state index contributed by atoms with van der Waals surface area (Å²) in [5, 5.41) is 16.7. The van der Waals surface area contributed by atoms with Gasteiger partial charge >= 0.3 is 0 Å². The SMILES string of the molecule is CCOc1ccc(/N=N/c2ccc(/C=C/c3ccc(/N=N/c4ccc(OCC)cc4)cc3S(=O)(=O)O)cc2)cc1. The molecule has 9 nitrogen and oxygen atoms in total. The molecule has 0 aromatic heterocycles. The van der Waals surface area contributed by atoms with Gasteiger partial charge in [-0.25, -0.2) is 0 Å². The zero-order valence-electron chi connectivity index (χ0n) is 22.0. The quantitative estimate of drug-likeness (QED) is 0.112. The lowest BCUT2D eigenvalue weighted by molar-refractivity contribution is 0.340. The van der Waals surface area contributed by atoms with Gasteiger partial charge in [-0.05, 0) is 97.8 Å². The van der Waals surface area contributed by atoms with Crippen molar-refractivity contribution in [3.63, 3.8) is 0 Å². The predicted molar refractivity (Wildman–Crippen MR) is 155 cm³/mol. The van der Waals surface area contributed by atoms with Gasteiger partial charge in [0.2, 0.25) is 0 Å². The van der Waals surface area contributed by atoms with Gasteiger partial charge in [-0.1, -0.05) is 30.4 Å². The third-order valence-electron chi connectivity index (χ3n) is 5.48. The molecule has 4 aromatic rings. The van der Waals surface area contributed by atoms with Crippen LogP contribution in [-0.2, 0) is 10.1 Å². The molecule has 40 heavy (non-hydrogen) atoms. The molecule has 0 aliphatic carbocycles. The standard InChI is InChI=1S/C30H28N4O5S/c1-3-38-28-17-13-25(14-18-28)32-31-24-10-6-22(7-11-24)5-8-23-9-12-27(21-30(23)40(35,36)37)34-33-26-15-19-29(20-16-26)39-4-2/h5-21H,3-4H2,1-2H3,(H,35,36,37)/b8-5+,32-31+,34-33+. The highest BCUT2D eigenvalue weighted by molar-refractivity contribution is 7.86. The molecule has 10 heteroatoms. The fourth-order valence-corrected chi connectivity index (χ4v) is 4.27. The van der Waals surface area contributed by atoms with E-state index < -0.39 is 10.1 Å². The summed E-state index contributed by atoms with van der Waals surface area (Å²) in [6, 6.07) is 26.1. The first-order valence-corrected chi connectivity index (χ1v) is 14.0. The van der Waals surface area contributed by atoms with Gasteiger partial charge in [0.15, 0.2) is 0 Å². The fourth-order valence-electron chi connectivity index (χ4n) is 3.57. The second-order valence-corrected chi connectivity index (χ2v) is 9.77. The van der Waals surface area contributed by atoms with Crippen LogP contribution in [0.25, 0.3) is 12.2 Å². The molecular formula is C30H28N4O5S. The Bertz CT molecular complexity index is 1610. The molecule has 0 amide bonds. The molecule has 4 aromatic carbocycles. The highest BCUT2D eigenvalue weighted by Gasteiger charge is 2.15. The summed E-state index contributed by atoms with van der Waals surface area (Å²) in [5.41, 5.74) is 3.33. The van der Waals surface area contributed by atoms with Crippen LogP contribution in [0.5, 0.6) is 11.5 Å². The van der Waals surface area contributed by atoms with Gasteiger partial charge in [0.25, 0.3) is 10.1 Å². The van der Waals surface area contributed by atoms with E-state index in [9.17, 15) is 13.0 Å². The molecule has 204 valence electrons. The maximum absolute atomic E-state index is 12.1. The lowest BCUT2D eigenvalue weighted by atomic mass is 10.1. The molecule has 0 spiro atoms. The summed E-state index contributed by atoms with van der Waals surface area (Å²) in [7, 11) is -4.51. The normalized spacial score (nSPS) is 12.0. The Kier molecular flexibility index (Phi) is 9.50. The Morgan fingerprint density at radius 1 is 0.625 bits per heavy atom. The molecule has 0 radical (unpaired) electrons. The maximum Gasteiger partial charge on any atom is 0.295 e. The number of hydrogen-bond donors (Lipinski definition) is 1. The van der Waals surface area contributed by atoms with Crippen LogP contribution in [0.1, 0.15) is 25.0 Å². The third kappa shape index (κ3) is 8.16. The molecule has 1 N–H and O–H groups in total. The fraction of sp³-hybridized carbons (Fsp3) is 0.133. The molecule has 0 unspecified atom stereocenters. The molecule has 0 bridgehead atoms. The van der Waals surface area contributed by atoms with Gasteiger partial charge in [-0.2, -0.15) is 28.9 Å². The van der Waals surface area contributed by atoms with Crippen LogP contribution in [-0.4, -0.2) is 26.2 Å². The average Bonchev–Trinajstić information content (AvgIpc) is 2.96. The first-order chi connectivity index (χ1) is 19.3. The molecule has 0 aliphatic rings. The Labute approximate surface area is 233 Å². The van der Waals surface area contributed by atoms with Gasteiger partial charge in [-0.15, -0.1) is 0 Å². The number of hydrogen-bond acceptors (Lipinski definition) is 8. The molecule has 0 saturated carbocycles. The first kappa shape index (κ1) is 28.3. The van der Waals surface area contributed by atoms with Crippen molar-refractivity contribution < 1.29 is 22.4 Å². The van der Waals surface area contributed by atoms with E-state index in [0.29, 0.717) is 41.6 Å². The average molecular weight is 557 g/mol. The van der Waals surface area contributed by atoms with Gasteiger partial charge in [-0.3, -0.25) is 4.55 Å². The second-order valence-electron chi connectivity index (χ2n) is 8.38. The molecule has 0 saturated heterocycles. The van der Waals surface area contributed by atoms with E-state index >= 15 is 0 Å². The van der Waals surface area contributed by atoms with Gasteiger partial charge in [0.1, 0.15) is 16.4 Å². The Morgan fingerprint density at radius 3 is 1.50 bits per heavy atom. The van der Waals surface area contributed by atoms with Crippen molar-refractivity contribution in [3.05, 3.63) is 102 Å². The van der Waals surface area contributed by atoms with Crippen molar-refractivity contribution in [3.8, 4) is 11.5 Å². The van der Waals surface area contributed by atoms with E-state index in [1.807, 2.05) is 50.2 Å². The van der Waals surface area contributed by atoms with E-state index in [2.05, 4.69) is 20.5 Å². The monoisotopic (exact) mass is 556 g/mol. The smallest absolute Gasteiger partial charge is 0.295 e. The highest BCUT2D eigenvalue weighted by atomic mass is 32.2. The summed E-state index contributed by atoms with van der Waals surface area (Å²) >= 11 is 0. The van der Waals surface area contributed by atoms with Crippen LogP contribution in [0.15, 0.2) is 116 Å². The Balaban J connectivity index is 1.46. The van der Waals surface area contributed by atoms with Crippen molar-refractivity contribution in [1.29, 1.82) is 0 Å². The molecule has 4 rings (SSSR count). The molecule has 0 aliphatic heterocycles. The van der Waals surface area contributed by atoms with Gasteiger partial charge in [0, 0.05) is 0 Å². The van der Waals surface area contributed by atoms with E-state index in [4.69, 9.17) is 9.47 Å². The molecular weight excluding hydrogens is 528 g/mol. The molecule has 0 fully saturated rings. The number of nitrogens with zero attached hydrogens (tertiary/aromatic N) is 4. The maximum atomic E-state index is 12.1. The van der Waals surface area contributed by atoms with Crippen molar-refractivity contribution in [1.82, 2.24) is 0 Å². The van der Waals surface area contributed by atoms with Crippen LogP contribution >= 0.6 is 0 Å². The number of rotatable bonds is 11. The first-order valence-electron chi connectivity index (χ1n) is 12.5. The summed E-state index contributed by atoms with van der Waals surface area (Å²) < 4.78 is 44.8. The number of benzene rings is 4. The Morgan fingerprint density at radius 2 is 1.05 bits per heavy atom. The zero-order chi connectivity index (χ0) is 28.4. The minimum absolute atomic E-state index is 0.271. The van der Waals surface area contributed by atoms with Crippen molar-refractivity contribution in [2.45, 2.75) is 18.7 Å². The van der Waals surface area contributed by atoms with Crippen LogP contribution in [0.4, 0.5) is 22.7 Å². The molecule has 0 atom stereocenters. The van der Waals surface area contributed by atoms with Crippen molar-refractivity contribution in [2.24, 2.45) is 20.5 Å². The van der Waals surface area contributed by atoms with E-state index in [-0.39, 0.29) is 10.6 Å². The van der Waals surface area contributed by atoms with E-state index in [1.54, 1.807) is 60.7 Å². The van der Waals surface area contributed by atoms with E-state index in [1.165, 1.54) is 6.07 Å². The molecule has 0 heterocycles. The van der Waals surface area contributed by atoms with Crippen LogP contribution < -0.4 is 9.47 Å². The van der Waals surface area contributed by atoms with Crippen LogP contribution in [0.3, 0.4) is 0 Å². The third-order valence-corrected chi connectivity index (χ3v) is 6.39. The van der Waals surface area contributed by atoms with Crippen molar-refractivity contribution >= 4 is 45.0 Å². The number of azo groups is 2. The van der Waals surface area contributed by atoms with E-state index in [0.717, 1.165) is 11.3 Å². The summed E-state index contributed by atoms with van der Waals surface area (Å²) in [6.45, 7) is 4.98. The predicted octanol–water partition coefficient (Wildman–Crippen LogP) is 8.73. The summed E-state index contributed by atoms with van der Waals surface area (Å²) in [6.07, 6.45) is 3.34. The van der Waals surface area contributed by atoms with Gasteiger partial charge < -0.3 is 9.47 Å².